The Morgan fingerprint density at radius 3 is 2.30 bits per heavy atom. The summed E-state index contributed by atoms with van der Waals surface area (Å²) >= 11 is 0. The number of rotatable bonds is 9. The summed E-state index contributed by atoms with van der Waals surface area (Å²) in [5, 5.41) is 2.71. The average Bonchev–Trinajstić information content (AvgIpc) is 3.07. The minimum atomic E-state index is -0.676. The van der Waals surface area contributed by atoms with E-state index in [0.717, 1.165) is 11.1 Å². The van der Waals surface area contributed by atoms with Crippen LogP contribution in [0.25, 0.3) is 0 Å². The molecule has 0 saturated carbocycles. The predicted octanol–water partition coefficient (Wildman–Crippen LogP) is 2.98. The Bertz CT molecular complexity index is 1070. The summed E-state index contributed by atoms with van der Waals surface area (Å²) in [5.74, 6) is -1.32. The van der Waals surface area contributed by atoms with E-state index < -0.39 is 18.1 Å². The standard InChI is InChI=1S/C15H21NO4.C13H15NO3/c1-3-19-14(17)12-8-6-5-7-11(12)9-10-13(16)15(18)20-4-2;1-2-17-13(16)11-8-7-9-5-3-4-6-10(9)12(15)14-11/h5-8,13H,3-4,9-10,16H2,1-2H3;3-6,11H,2,7-8H2,1H3,(H,14,15). The molecule has 3 rings (SSSR count). The number of amides is 1. The fourth-order valence-electron chi connectivity index (χ4n) is 3.81. The number of nitrogens with two attached hydrogens (primary N) is 1. The molecule has 2 aromatic carbocycles. The van der Waals surface area contributed by atoms with Crippen LogP contribution in [0.15, 0.2) is 48.5 Å². The molecule has 0 aromatic heterocycles. The van der Waals surface area contributed by atoms with Gasteiger partial charge in [-0.05, 0) is 69.7 Å². The van der Waals surface area contributed by atoms with Gasteiger partial charge in [0.2, 0.25) is 0 Å². The van der Waals surface area contributed by atoms with Gasteiger partial charge in [0, 0.05) is 5.56 Å². The average molecular weight is 513 g/mol. The summed E-state index contributed by atoms with van der Waals surface area (Å²) in [6.07, 6.45) is 2.24. The topological polar surface area (TPSA) is 134 Å². The molecule has 0 aliphatic carbocycles. The van der Waals surface area contributed by atoms with Crippen molar-refractivity contribution >= 4 is 23.8 Å². The summed E-state index contributed by atoms with van der Waals surface area (Å²) in [4.78, 5) is 46.8. The third kappa shape index (κ3) is 9.02. The van der Waals surface area contributed by atoms with Gasteiger partial charge in [0.25, 0.3) is 5.91 Å². The van der Waals surface area contributed by atoms with E-state index in [1.54, 1.807) is 39.0 Å². The first-order chi connectivity index (χ1) is 17.8. The molecule has 1 aliphatic rings. The highest BCUT2D eigenvalue weighted by Gasteiger charge is 2.27. The summed E-state index contributed by atoms with van der Waals surface area (Å²) in [6.45, 7) is 6.22. The molecule has 1 aliphatic heterocycles. The van der Waals surface area contributed by atoms with Crippen LogP contribution in [0.3, 0.4) is 0 Å². The quantitative estimate of drug-likeness (QED) is 0.387. The van der Waals surface area contributed by atoms with E-state index in [9.17, 15) is 19.2 Å². The van der Waals surface area contributed by atoms with Gasteiger partial charge in [0.05, 0.1) is 25.4 Å². The molecule has 3 N–H and O–H groups in total. The molecule has 0 spiro atoms. The lowest BCUT2D eigenvalue weighted by Crippen LogP contribution is -2.40. The number of fused-ring (bicyclic) bond motifs is 1. The highest BCUT2D eigenvalue weighted by atomic mass is 16.5. The van der Waals surface area contributed by atoms with Crippen molar-refractivity contribution in [1.29, 1.82) is 0 Å². The summed E-state index contributed by atoms with van der Waals surface area (Å²) in [5.41, 5.74) is 8.72. The van der Waals surface area contributed by atoms with Gasteiger partial charge in [0.1, 0.15) is 12.1 Å². The Labute approximate surface area is 217 Å². The molecule has 2 unspecified atom stereocenters. The second-order valence-electron chi connectivity index (χ2n) is 8.25. The van der Waals surface area contributed by atoms with E-state index in [1.807, 2.05) is 30.3 Å². The number of hydrogen-bond donors (Lipinski definition) is 2. The highest BCUT2D eigenvalue weighted by molar-refractivity contribution is 5.98. The van der Waals surface area contributed by atoms with Crippen molar-refractivity contribution < 1.29 is 33.4 Å². The normalized spacial score (nSPS) is 15.0. The number of benzene rings is 2. The number of esters is 3. The zero-order chi connectivity index (χ0) is 27.2. The van der Waals surface area contributed by atoms with Crippen LogP contribution < -0.4 is 11.1 Å². The molecular formula is C28H36N2O7. The molecule has 200 valence electrons. The Balaban J connectivity index is 0.000000263. The van der Waals surface area contributed by atoms with E-state index in [2.05, 4.69) is 5.32 Å². The number of carbonyl (C=O) groups is 4. The second kappa shape index (κ2) is 15.4. The Hall–Kier alpha value is -3.72. The van der Waals surface area contributed by atoms with Crippen molar-refractivity contribution in [2.45, 2.75) is 58.5 Å². The van der Waals surface area contributed by atoms with Crippen molar-refractivity contribution in [3.63, 3.8) is 0 Å². The van der Waals surface area contributed by atoms with E-state index in [0.29, 0.717) is 56.6 Å². The van der Waals surface area contributed by atoms with Gasteiger partial charge in [-0.25, -0.2) is 9.59 Å². The lowest BCUT2D eigenvalue weighted by atomic mass is 10.0. The molecule has 0 saturated heterocycles. The first-order valence-corrected chi connectivity index (χ1v) is 12.5. The highest BCUT2D eigenvalue weighted by Crippen LogP contribution is 2.17. The molecule has 0 bridgehead atoms. The molecule has 1 amide bonds. The van der Waals surface area contributed by atoms with Crippen LogP contribution in [0, 0.1) is 0 Å². The summed E-state index contributed by atoms with van der Waals surface area (Å²) < 4.78 is 14.8. The molecule has 1 heterocycles. The van der Waals surface area contributed by atoms with Gasteiger partial charge in [-0.1, -0.05) is 36.4 Å². The smallest absolute Gasteiger partial charge is 0.338 e. The van der Waals surface area contributed by atoms with Crippen LogP contribution in [0.5, 0.6) is 0 Å². The second-order valence-corrected chi connectivity index (χ2v) is 8.25. The lowest BCUT2D eigenvalue weighted by molar-refractivity contribution is -0.146. The minimum absolute atomic E-state index is 0.198. The summed E-state index contributed by atoms with van der Waals surface area (Å²) in [7, 11) is 0. The van der Waals surface area contributed by atoms with E-state index in [-0.39, 0.29) is 17.8 Å². The number of aryl methyl sites for hydroxylation is 2. The van der Waals surface area contributed by atoms with E-state index in [4.69, 9.17) is 19.9 Å². The lowest BCUT2D eigenvalue weighted by Gasteiger charge is -2.13. The number of carbonyl (C=O) groups excluding carboxylic acids is 4. The first-order valence-electron chi connectivity index (χ1n) is 12.5. The van der Waals surface area contributed by atoms with Crippen LogP contribution in [0.2, 0.25) is 0 Å². The Kier molecular flexibility index (Phi) is 12.3. The van der Waals surface area contributed by atoms with Crippen molar-refractivity contribution in [3.8, 4) is 0 Å². The van der Waals surface area contributed by atoms with Crippen LogP contribution in [0.4, 0.5) is 0 Å². The minimum Gasteiger partial charge on any atom is -0.465 e. The van der Waals surface area contributed by atoms with Crippen LogP contribution in [-0.2, 0) is 36.6 Å². The molecule has 37 heavy (non-hydrogen) atoms. The molecular weight excluding hydrogens is 476 g/mol. The third-order valence-corrected chi connectivity index (χ3v) is 5.67. The largest absolute Gasteiger partial charge is 0.465 e. The van der Waals surface area contributed by atoms with Crippen LogP contribution >= 0.6 is 0 Å². The van der Waals surface area contributed by atoms with Crippen molar-refractivity contribution in [2.75, 3.05) is 19.8 Å². The fourth-order valence-corrected chi connectivity index (χ4v) is 3.81. The van der Waals surface area contributed by atoms with Gasteiger partial charge in [-0.2, -0.15) is 0 Å². The van der Waals surface area contributed by atoms with Gasteiger partial charge in [0.15, 0.2) is 0 Å². The summed E-state index contributed by atoms with van der Waals surface area (Å²) in [6, 6.07) is 13.4. The maximum atomic E-state index is 11.9. The first kappa shape index (κ1) is 29.5. The zero-order valence-corrected chi connectivity index (χ0v) is 21.7. The molecule has 0 fully saturated rings. The molecule has 0 radical (unpaired) electrons. The number of ether oxygens (including phenoxy) is 3. The van der Waals surface area contributed by atoms with Crippen molar-refractivity contribution in [1.82, 2.24) is 5.32 Å². The monoisotopic (exact) mass is 512 g/mol. The van der Waals surface area contributed by atoms with Crippen LogP contribution in [-0.4, -0.2) is 55.7 Å². The number of nitrogens with one attached hydrogen (secondary N) is 1. The van der Waals surface area contributed by atoms with Crippen molar-refractivity contribution in [2.24, 2.45) is 5.73 Å². The molecule has 2 atom stereocenters. The maximum Gasteiger partial charge on any atom is 0.338 e. The third-order valence-electron chi connectivity index (χ3n) is 5.67. The van der Waals surface area contributed by atoms with Gasteiger partial charge >= 0.3 is 17.9 Å². The maximum absolute atomic E-state index is 11.9. The predicted molar refractivity (Wildman–Crippen MR) is 138 cm³/mol. The Morgan fingerprint density at radius 2 is 1.59 bits per heavy atom. The number of hydrogen-bond acceptors (Lipinski definition) is 8. The molecule has 9 heteroatoms. The van der Waals surface area contributed by atoms with Gasteiger partial charge in [-0.3, -0.25) is 9.59 Å². The zero-order valence-electron chi connectivity index (χ0n) is 21.7. The van der Waals surface area contributed by atoms with E-state index in [1.165, 1.54) is 0 Å². The SMILES string of the molecule is CCOC(=O)C1CCc2ccccc2C(=O)N1.CCOC(=O)c1ccccc1CCC(N)C(=O)OCC. The van der Waals surface area contributed by atoms with Crippen LogP contribution in [0.1, 0.15) is 65.5 Å². The fraction of sp³-hybridized carbons (Fsp3) is 0.429. The van der Waals surface area contributed by atoms with Gasteiger partial charge in [-0.15, -0.1) is 0 Å². The van der Waals surface area contributed by atoms with E-state index >= 15 is 0 Å². The van der Waals surface area contributed by atoms with Crippen molar-refractivity contribution in [3.05, 3.63) is 70.8 Å². The molecule has 9 nitrogen and oxygen atoms in total. The Morgan fingerprint density at radius 1 is 0.946 bits per heavy atom. The molecule has 2 aromatic rings. The van der Waals surface area contributed by atoms with Gasteiger partial charge < -0.3 is 25.3 Å².